The first-order valence-corrected chi connectivity index (χ1v) is 8.77. The van der Waals surface area contributed by atoms with Gasteiger partial charge in [0.1, 0.15) is 5.82 Å². The molecule has 2 aromatic rings. The van der Waals surface area contributed by atoms with Crippen molar-refractivity contribution in [3.8, 4) is 0 Å². The predicted octanol–water partition coefficient (Wildman–Crippen LogP) is 3.57. The van der Waals surface area contributed by atoms with Crippen LogP contribution in [0.2, 0.25) is 0 Å². The Kier molecular flexibility index (Phi) is 4.84. The Bertz CT molecular complexity index is 750. The molecule has 0 aliphatic heterocycles. The van der Waals surface area contributed by atoms with Gasteiger partial charge in [0.05, 0.1) is 11.9 Å². The first-order chi connectivity index (χ1) is 9.83. The van der Waals surface area contributed by atoms with Gasteiger partial charge in [0.25, 0.3) is 0 Å². The molecule has 0 unspecified atom stereocenters. The van der Waals surface area contributed by atoms with E-state index in [1.165, 1.54) is 12.1 Å². The maximum Gasteiger partial charge on any atom is 0.229 e. The number of halogens is 2. The van der Waals surface area contributed by atoms with Gasteiger partial charge < -0.3 is 5.32 Å². The number of nitrogens with one attached hydrogen (secondary N) is 2. The topological polar surface area (TPSA) is 58.2 Å². The molecule has 0 heterocycles. The lowest BCUT2D eigenvalue weighted by molar-refractivity contribution is 0.604. The third kappa shape index (κ3) is 5.02. The zero-order valence-electron chi connectivity index (χ0n) is 11.2. The molecule has 0 aromatic heterocycles. The van der Waals surface area contributed by atoms with E-state index in [2.05, 4.69) is 26.0 Å². The maximum atomic E-state index is 13.6. The number of sulfonamides is 1. The van der Waals surface area contributed by atoms with Crippen molar-refractivity contribution in [2.45, 2.75) is 6.54 Å². The highest BCUT2D eigenvalue weighted by Gasteiger charge is 2.08. The van der Waals surface area contributed by atoms with E-state index in [1.54, 1.807) is 6.07 Å². The molecule has 0 radical (unpaired) electrons. The van der Waals surface area contributed by atoms with E-state index in [-0.39, 0.29) is 5.69 Å². The highest BCUT2D eigenvalue weighted by atomic mass is 79.9. The Hall–Kier alpha value is -1.60. The first-order valence-electron chi connectivity index (χ1n) is 6.09. The molecule has 2 aromatic carbocycles. The number of hydrogen-bond donors (Lipinski definition) is 2. The van der Waals surface area contributed by atoms with Crippen molar-refractivity contribution in [1.29, 1.82) is 0 Å². The smallest absolute Gasteiger partial charge is 0.229 e. The molecule has 0 amide bonds. The van der Waals surface area contributed by atoms with Crippen LogP contribution in [0.3, 0.4) is 0 Å². The minimum atomic E-state index is -3.51. The van der Waals surface area contributed by atoms with Gasteiger partial charge in [-0.05, 0) is 35.9 Å². The second kappa shape index (κ2) is 6.44. The van der Waals surface area contributed by atoms with Gasteiger partial charge in [-0.3, -0.25) is 4.72 Å². The van der Waals surface area contributed by atoms with Crippen molar-refractivity contribution >= 4 is 37.3 Å². The molecule has 0 bridgehead atoms. The molecule has 112 valence electrons. The van der Waals surface area contributed by atoms with Gasteiger partial charge in [-0.15, -0.1) is 0 Å². The maximum absolute atomic E-state index is 13.6. The average molecular weight is 373 g/mol. The van der Waals surface area contributed by atoms with Crippen LogP contribution in [0.5, 0.6) is 0 Å². The van der Waals surface area contributed by atoms with Gasteiger partial charge in [-0.1, -0.05) is 28.1 Å². The van der Waals surface area contributed by atoms with Gasteiger partial charge in [0.2, 0.25) is 10.0 Å². The van der Waals surface area contributed by atoms with Crippen LogP contribution >= 0.6 is 15.9 Å². The average Bonchev–Trinajstić information content (AvgIpc) is 2.38. The molecular formula is C14H14BrFN2O2S. The highest BCUT2D eigenvalue weighted by molar-refractivity contribution is 9.10. The van der Waals surface area contributed by atoms with Crippen LogP contribution in [0.4, 0.5) is 15.8 Å². The lowest BCUT2D eigenvalue weighted by Crippen LogP contribution is -2.11. The second-order valence-electron chi connectivity index (χ2n) is 4.55. The van der Waals surface area contributed by atoms with E-state index < -0.39 is 15.8 Å². The second-order valence-corrected chi connectivity index (χ2v) is 7.22. The Labute approximate surface area is 131 Å². The third-order valence-corrected chi connectivity index (χ3v) is 3.73. The molecule has 0 saturated heterocycles. The Morgan fingerprint density at radius 2 is 1.95 bits per heavy atom. The molecule has 0 aliphatic rings. The van der Waals surface area contributed by atoms with Gasteiger partial charge in [0.15, 0.2) is 0 Å². The van der Waals surface area contributed by atoms with Crippen LogP contribution in [0, 0.1) is 5.82 Å². The summed E-state index contributed by atoms with van der Waals surface area (Å²) in [6.07, 6.45) is 0.980. The van der Waals surface area contributed by atoms with Crippen molar-refractivity contribution in [2.24, 2.45) is 0 Å². The van der Waals surface area contributed by atoms with Crippen molar-refractivity contribution in [2.75, 3.05) is 16.3 Å². The molecule has 7 heteroatoms. The van der Waals surface area contributed by atoms with Crippen LogP contribution in [0.15, 0.2) is 46.9 Å². The summed E-state index contributed by atoms with van der Waals surface area (Å²) < 4.78 is 39.0. The SMILES string of the molecule is CS(=O)(=O)Nc1cc(NCc2cccc(Br)c2)ccc1F. The van der Waals surface area contributed by atoms with Gasteiger partial charge >= 0.3 is 0 Å². The molecular weight excluding hydrogens is 359 g/mol. The molecule has 2 rings (SSSR count). The van der Waals surface area contributed by atoms with Crippen molar-refractivity contribution in [3.05, 3.63) is 58.3 Å². The molecule has 0 aliphatic carbocycles. The lowest BCUT2D eigenvalue weighted by atomic mass is 10.2. The predicted molar refractivity (Wildman–Crippen MR) is 86.3 cm³/mol. The van der Waals surface area contributed by atoms with Gasteiger partial charge in [-0.2, -0.15) is 0 Å². The van der Waals surface area contributed by atoms with Crippen LogP contribution in [-0.2, 0) is 16.6 Å². The summed E-state index contributed by atoms with van der Waals surface area (Å²) >= 11 is 3.39. The zero-order chi connectivity index (χ0) is 15.5. The van der Waals surface area contributed by atoms with Crippen LogP contribution in [-0.4, -0.2) is 14.7 Å². The summed E-state index contributed by atoms with van der Waals surface area (Å²) in [4.78, 5) is 0. The highest BCUT2D eigenvalue weighted by Crippen LogP contribution is 2.21. The van der Waals surface area contributed by atoms with Crippen molar-refractivity contribution < 1.29 is 12.8 Å². The number of benzene rings is 2. The Morgan fingerprint density at radius 1 is 1.19 bits per heavy atom. The fourth-order valence-electron chi connectivity index (χ4n) is 1.76. The number of rotatable bonds is 5. The van der Waals surface area contributed by atoms with E-state index in [0.29, 0.717) is 12.2 Å². The van der Waals surface area contributed by atoms with Crippen molar-refractivity contribution in [3.63, 3.8) is 0 Å². The summed E-state index contributed by atoms with van der Waals surface area (Å²) in [5.74, 6) is -0.617. The lowest BCUT2D eigenvalue weighted by Gasteiger charge is -2.10. The van der Waals surface area contributed by atoms with E-state index in [0.717, 1.165) is 16.3 Å². The summed E-state index contributed by atoms with van der Waals surface area (Å²) in [6.45, 7) is 0.545. The summed E-state index contributed by atoms with van der Waals surface area (Å²) in [6, 6.07) is 12.0. The summed E-state index contributed by atoms with van der Waals surface area (Å²) in [7, 11) is -3.51. The van der Waals surface area contributed by atoms with E-state index >= 15 is 0 Å². The number of hydrogen-bond acceptors (Lipinski definition) is 3. The van der Waals surface area contributed by atoms with Gasteiger partial charge in [-0.25, -0.2) is 12.8 Å². The largest absolute Gasteiger partial charge is 0.381 e. The third-order valence-electron chi connectivity index (χ3n) is 2.65. The molecule has 21 heavy (non-hydrogen) atoms. The zero-order valence-corrected chi connectivity index (χ0v) is 13.6. The van der Waals surface area contributed by atoms with Crippen molar-refractivity contribution in [1.82, 2.24) is 0 Å². The molecule has 0 saturated carbocycles. The van der Waals surface area contributed by atoms with E-state index in [4.69, 9.17) is 0 Å². The van der Waals surface area contributed by atoms with Crippen LogP contribution < -0.4 is 10.0 Å². The standard InChI is InChI=1S/C14H14BrFN2O2S/c1-21(19,20)18-14-8-12(5-6-13(14)16)17-9-10-3-2-4-11(15)7-10/h2-8,17-18H,9H2,1H3. The fraction of sp³-hybridized carbons (Fsp3) is 0.143. The normalized spacial score (nSPS) is 11.2. The first kappa shape index (κ1) is 15.8. The molecule has 4 nitrogen and oxygen atoms in total. The minimum Gasteiger partial charge on any atom is -0.381 e. The summed E-state index contributed by atoms with van der Waals surface area (Å²) in [5.41, 5.74) is 1.60. The number of anilines is 2. The summed E-state index contributed by atoms with van der Waals surface area (Å²) in [5, 5.41) is 3.12. The Balaban J connectivity index is 2.12. The van der Waals surface area contributed by atoms with Gasteiger partial charge in [0, 0.05) is 16.7 Å². The molecule has 0 atom stereocenters. The van der Waals surface area contributed by atoms with Crippen LogP contribution in [0.25, 0.3) is 0 Å². The molecule has 0 spiro atoms. The Morgan fingerprint density at radius 3 is 2.62 bits per heavy atom. The van der Waals surface area contributed by atoms with E-state index in [9.17, 15) is 12.8 Å². The minimum absolute atomic E-state index is 0.0725. The quantitative estimate of drug-likeness (QED) is 0.843. The molecule has 0 fully saturated rings. The molecule has 2 N–H and O–H groups in total. The van der Waals surface area contributed by atoms with E-state index in [1.807, 2.05) is 24.3 Å². The van der Waals surface area contributed by atoms with Crippen LogP contribution in [0.1, 0.15) is 5.56 Å². The monoisotopic (exact) mass is 372 g/mol. The fourth-order valence-corrected chi connectivity index (χ4v) is 2.77.